The van der Waals surface area contributed by atoms with Crippen LogP contribution in [0.1, 0.15) is 44.6 Å². The van der Waals surface area contributed by atoms with Crippen molar-refractivity contribution in [3.8, 4) is 5.75 Å². The van der Waals surface area contributed by atoms with Gasteiger partial charge in [-0.05, 0) is 81.6 Å². The van der Waals surface area contributed by atoms with Crippen molar-refractivity contribution in [3.05, 3.63) is 154 Å². The van der Waals surface area contributed by atoms with Gasteiger partial charge in [-0.15, -0.1) is 0 Å². The molecule has 41 heavy (non-hydrogen) atoms. The fourth-order valence-electron chi connectivity index (χ4n) is 6.35. The summed E-state index contributed by atoms with van der Waals surface area (Å²) in [4.78, 5) is 13.7. The van der Waals surface area contributed by atoms with E-state index in [0.29, 0.717) is 5.56 Å². The monoisotopic (exact) mass is 598 g/mol. The van der Waals surface area contributed by atoms with Crippen LogP contribution in [-0.2, 0) is 0 Å². The van der Waals surface area contributed by atoms with Crippen LogP contribution < -0.4 is 10.4 Å². The van der Waals surface area contributed by atoms with Gasteiger partial charge in [0.05, 0.1) is 11.7 Å². The van der Waals surface area contributed by atoms with Crippen molar-refractivity contribution in [2.75, 3.05) is 5.01 Å². The number of aromatic hydroxyl groups is 1. The molecule has 6 aromatic carbocycles. The SMILES string of the molecule is Cc1ccccc1[C@H]1c2c(ccc3cc(Br)ccc23)N(NC(=O)c2ccccc2)[C@@H]1c1c(O)ccc2ccccc12. The quantitative estimate of drug-likeness (QED) is 0.213. The number of hydrogen-bond donors (Lipinski definition) is 2. The fourth-order valence-corrected chi connectivity index (χ4v) is 6.73. The molecule has 1 amide bonds. The van der Waals surface area contributed by atoms with Gasteiger partial charge in [0.1, 0.15) is 5.75 Å². The number of rotatable bonds is 4. The molecule has 2 N–H and O–H groups in total. The molecule has 0 saturated heterocycles. The van der Waals surface area contributed by atoms with E-state index in [0.717, 1.165) is 54.0 Å². The van der Waals surface area contributed by atoms with E-state index in [-0.39, 0.29) is 17.6 Å². The Morgan fingerprint density at radius 3 is 2.29 bits per heavy atom. The lowest BCUT2D eigenvalue weighted by Crippen LogP contribution is -2.43. The summed E-state index contributed by atoms with van der Waals surface area (Å²) < 4.78 is 1.01. The Balaban J connectivity index is 1.55. The molecule has 6 aromatic rings. The molecule has 2 atom stereocenters. The lowest BCUT2D eigenvalue weighted by molar-refractivity contribution is 0.0945. The molecule has 0 spiro atoms. The highest BCUT2D eigenvalue weighted by Crippen LogP contribution is 2.56. The molecule has 0 aliphatic carbocycles. The number of aryl methyl sites for hydroxylation is 1. The predicted molar refractivity (Wildman–Crippen MR) is 169 cm³/mol. The maximum absolute atomic E-state index is 13.7. The van der Waals surface area contributed by atoms with Gasteiger partial charge >= 0.3 is 0 Å². The van der Waals surface area contributed by atoms with Gasteiger partial charge in [-0.1, -0.05) is 101 Å². The van der Waals surface area contributed by atoms with Gasteiger partial charge in [0.2, 0.25) is 0 Å². The number of carbonyl (C=O) groups is 1. The van der Waals surface area contributed by atoms with Crippen molar-refractivity contribution in [2.24, 2.45) is 0 Å². The van der Waals surface area contributed by atoms with Crippen LogP contribution >= 0.6 is 15.9 Å². The molecule has 0 saturated carbocycles. The standard InChI is InChI=1S/C36H27BrN2O2/c1-22-9-5-7-13-27(22)34-32-29-18-17-26(37)21-25(29)15-19-30(32)39(38-36(41)24-11-3-2-4-12-24)35(34)33-28-14-8-6-10-23(28)16-20-31(33)40/h2-21,34-35,40H,1H3,(H,38,41)/t34-,35+/m0/s1. The van der Waals surface area contributed by atoms with Gasteiger partial charge in [-0.25, -0.2) is 0 Å². The number of benzene rings is 6. The maximum atomic E-state index is 13.7. The minimum Gasteiger partial charge on any atom is -0.508 e. The molecule has 0 aromatic heterocycles. The highest BCUT2D eigenvalue weighted by atomic mass is 79.9. The molecular formula is C36H27BrN2O2. The van der Waals surface area contributed by atoms with E-state index in [9.17, 15) is 9.90 Å². The molecular weight excluding hydrogens is 572 g/mol. The lowest BCUT2D eigenvalue weighted by atomic mass is 9.79. The summed E-state index contributed by atoms with van der Waals surface area (Å²) in [5.41, 5.74) is 8.95. The summed E-state index contributed by atoms with van der Waals surface area (Å²) in [5.74, 6) is -0.183. The van der Waals surface area contributed by atoms with E-state index in [1.807, 2.05) is 59.6 Å². The average Bonchev–Trinajstić information content (AvgIpc) is 3.31. The first-order valence-electron chi connectivity index (χ1n) is 13.6. The summed E-state index contributed by atoms with van der Waals surface area (Å²) in [6.45, 7) is 2.13. The Labute approximate surface area is 247 Å². The van der Waals surface area contributed by atoms with E-state index in [1.165, 1.54) is 0 Å². The number of carbonyl (C=O) groups excluding carboxylic acids is 1. The van der Waals surface area contributed by atoms with Crippen molar-refractivity contribution in [1.29, 1.82) is 0 Å². The van der Waals surface area contributed by atoms with Gasteiger partial charge in [0, 0.05) is 21.5 Å². The first-order valence-corrected chi connectivity index (χ1v) is 14.4. The van der Waals surface area contributed by atoms with Crippen LogP contribution in [0.5, 0.6) is 5.75 Å². The van der Waals surface area contributed by atoms with Gasteiger partial charge in [-0.3, -0.25) is 15.2 Å². The second kappa shape index (κ2) is 10.1. The number of fused-ring (bicyclic) bond motifs is 4. The number of nitrogens with one attached hydrogen (secondary N) is 1. The van der Waals surface area contributed by atoms with Crippen molar-refractivity contribution < 1.29 is 9.90 Å². The van der Waals surface area contributed by atoms with Crippen LogP contribution in [0.4, 0.5) is 5.69 Å². The highest BCUT2D eigenvalue weighted by Gasteiger charge is 2.44. The highest BCUT2D eigenvalue weighted by molar-refractivity contribution is 9.10. The fraction of sp³-hybridized carbons (Fsp3) is 0.0833. The Morgan fingerprint density at radius 2 is 1.46 bits per heavy atom. The molecule has 0 unspecified atom stereocenters. The zero-order valence-corrected chi connectivity index (χ0v) is 24.0. The van der Waals surface area contributed by atoms with Crippen LogP contribution in [0.25, 0.3) is 21.5 Å². The van der Waals surface area contributed by atoms with Gasteiger partial charge in [0.15, 0.2) is 0 Å². The van der Waals surface area contributed by atoms with E-state index in [1.54, 1.807) is 6.07 Å². The van der Waals surface area contributed by atoms with Crippen LogP contribution in [0.2, 0.25) is 0 Å². The summed E-state index contributed by atoms with van der Waals surface area (Å²) in [7, 11) is 0. The topological polar surface area (TPSA) is 52.6 Å². The number of phenolic OH excluding ortho intramolecular Hbond substituents is 1. The first-order chi connectivity index (χ1) is 20.0. The third kappa shape index (κ3) is 4.25. The van der Waals surface area contributed by atoms with E-state index in [4.69, 9.17) is 0 Å². The average molecular weight is 600 g/mol. The van der Waals surface area contributed by atoms with Crippen molar-refractivity contribution >= 4 is 49.1 Å². The summed E-state index contributed by atoms with van der Waals surface area (Å²) >= 11 is 3.64. The van der Waals surface area contributed by atoms with Crippen LogP contribution in [0.3, 0.4) is 0 Å². The van der Waals surface area contributed by atoms with E-state index in [2.05, 4.69) is 88.9 Å². The molecule has 1 aliphatic heterocycles. The Morgan fingerprint density at radius 1 is 0.756 bits per heavy atom. The first kappa shape index (κ1) is 25.4. The van der Waals surface area contributed by atoms with Crippen molar-refractivity contribution in [2.45, 2.75) is 18.9 Å². The van der Waals surface area contributed by atoms with Crippen molar-refractivity contribution in [1.82, 2.24) is 5.43 Å². The number of nitrogens with zero attached hydrogens (tertiary/aromatic N) is 1. The molecule has 0 radical (unpaired) electrons. The molecule has 200 valence electrons. The molecule has 1 aliphatic rings. The molecule has 0 fully saturated rings. The maximum Gasteiger partial charge on any atom is 0.269 e. The Hall–Kier alpha value is -4.61. The largest absolute Gasteiger partial charge is 0.508 e. The molecule has 4 nitrogen and oxygen atoms in total. The van der Waals surface area contributed by atoms with Crippen LogP contribution in [0.15, 0.2) is 126 Å². The smallest absolute Gasteiger partial charge is 0.269 e. The Kier molecular flexibility index (Phi) is 6.25. The second-order valence-corrected chi connectivity index (χ2v) is 11.5. The van der Waals surface area contributed by atoms with Crippen molar-refractivity contribution in [3.63, 3.8) is 0 Å². The van der Waals surface area contributed by atoms with Crippen LogP contribution in [-0.4, -0.2) is 11.0 Å². The zero-order valence-electron chi connectivity index (χ0n) is 22.4. The number of halogens is 1. The van der Waals surface area contributed by atoms with Gasteiger partial charge in [0.25, 0.3) is 5.91 Å². The number of hydrazine groups is 1. The summed E-state index contributed by atoms with van der Waals surface area (Å²) in [6, 6.07) is 39.6. The minimum atomic E-state index is -0.417. The van der Waals surface area contributed by atoms with Gasteiger partial charge < -0.3 is 5.11 Å². The minimum absolute atomic E-state index is 0.177. The van der Waals surface area contributed by atoms with E-state index < -0.39 is 6.04 Å². The zero-order chi connectivity index (χ0) is 28.1. The number of amides is 1. The lowest BCUT2D eigenvalue weighted by Gasteiger charge is -2.33. The van der Waals surface area contributed by atoms with Crippen LogP contribution in [0, 0.1) is 6.92 Å². The normalized spacial score (nSPS) is 16.2. The third-order valence-electron chi connectivity index (χ3n) is 8.19. The molecule has 0 bridgehead atoms. The Bertz CT molecular complexity index is 1950. The second-order valence-electron chi connectivity index (χ2n) is 10.5. The molecule has 7 rings (SSSR count). The number of anilines is 1. The van der Waals surface area contributed by atoms with Gasteiger partial charge in [-0.2, -0.15) is 0 Å². The molecule has 5 heteroatoms. The summed E-state index contributed by atoms with van der Waals surface area (Å²) in [6.07, 6.45) is 0. The summed E-state index contributed by atoms with van der Waals surface area (Å²) in [5, 5.41) is 17.7. The predicted octanol–water partition coefficient (Wildman–Crippen LogP) is 8.81. The van der Waals surface area contributed by atoms with E-state index >= 15 is 0 Å². The number of hydrogen-bond acceptors (Lipinski definition) is 3. The number of phenols is 1. The third-order valence-corrected chi connectivity index (χ3v) is 8.68. The molecule has 1 heterocycles.